The first kappa shape index (κ1) is 13.5. The Balaban J connectivity index is 1.78. The van der Waals surface area contributed by atoms with Gasteiger partial charge in [-0.15, -0.1) is 0 Å². The summed E-state index contributed by atoms with van der Waals surface area (Å²) < 4.78 is 0. The van der Waals surface area contributed by atoms with Crippen LogP contribution in [0.3, 0.4) is 0 Å². The normalized spacial score (nSPS) is 25.1. The third kappa shape index (κ3) is 3.31. The number of hydrogen-bond donors (Lipinski definition) is 2. The van der Waals surface area contributed by atoms with Crippen molar-refractivity contribution in [2.75, 3.05) is 24.6 Å². The van der Waals surface area contributed by atoms with E-state index in [1.807, 2.05) is 11.8 Å². The smallest absolute Gasteiger partial charge is 0.326 e. The van der Waals surface area contributed by atoms with E-state index >= 15 is 0 Å². The highest BCUT2D eigenvalue weighted by Crippen LogP contribution is 2.22. The molecule has 102 valence electrons. The Hall–Kier alpha value is -0.910. The van der Waals surface area contributed by atoms with Crippen LogP contribution in [0.2, 0.25) is 0 Å². The number of amides is 2. The van der Waals surface area contributed by atoms with Crippen LogP contribution in [0.5, 0.6) is 0 Å². The second-order valence-corrected chi connectivity index (χ2v) is 6.16. The summed E-state index contributed by atoms with van der Waals surface area (Å²) >= 11 is 1.96. The monoisotopic (exact) mass is 272 g/mol. The summed E-state index contributed by atoms with van der Waals surface area (Å²) in [4.78, 5) is 24.4. The Morgan fingerprint density at radius 3 is 2.67 bits per heavy atom. The fourth-order valence-corrected chi connectivity index (χ4v) is 3.75. The molecule has 2 rings (SSSR count). The number of aliphatic carboxylic acids is 1. The van der Waals surface area contributed by atoms with E-state index in [4.69, 9.17) is 5.11 Å². The largest absolute Gasteiger partial charge is 0.480 e. The van der Waals surface area contributed by atoms with E-state index in [1.165, 1.54) is 16.4 Å². The van der Waals surface area contributed by atoms with Gasteiger partial charge in [0, 0.05) is 13.1 Å². The number of carbonyl (C=O) groups is 2. The highest BCUT2D eigenvalue weighted by Gasteiger charge is 2.34. The minimum absolute atomic E-state index is 0.210. The van der Waals surface area contributed by atoms with Gasteiger partial charge in [0.2, 0.25) is 0 Å². The van der Waals surface area contributed by atoms with Gasteiger partial charge in [0.25, 0.3) is 0 Å². The topological polar surface area (TPSA) is 69.6 Å². The molecule has 0 aliphatic carbocycles. The van der Waals surface area contributed by atoms with Gasteiger partial charge in [0.05, 0.1) is 0 Å². The maximum atomic E-state index is 11.9. The van der Waals surface area contributed by atoms with Crippen molar-refractivity contribution in [1.82, 2.24) is 10.2 Å². The summed E-state index contributed by atoms with van der Waals surface area (Å²) in [5, 5.41) is 11.9. The molecule has 0 bridgehead atoms. The molecule has 6 heteroatoms. The lowest BCUT2D eigenvalue weighted by Crippen LogP contribution is -2.47. The maximum absolute atomic E-state index is 11.9. The summed E-state index contributed by atoms with van der Waals surface area (Å²) in [5.74, 6) is 2.00. The Morgan fingerprint density at radius 2 is 2.00 bits per heavy atom. The first-order chi connectivity index (χ1) is 8.68. The van der Waals surface area contributed by atoms with E-state index in [0.29, 0.717) is 25.4 Å². The third-order valence-electron chi connectivity index (χ3n) is 3.68. The number of nitrogens with one attached hydrogen (secondary N) is 1. The summed E-state index contributed by atoms with van der Waals surface area (Å²) in [5.41, 5.74) is 0. The standard InChI is InChI=1S/C12H20N2O3S/c15-11(16)10-2-1-5-14(10)12(17)13-8-9-3-6-18-7-4-9/h9-10H,1-8H2,(H,13,17)(H,15,16)/t10-/m0/s1. The summed E-state index contributed by atoms with van der Waals surface area (Å²) in [6.45, 7) is 1.24. The molecular weight excluding hydrogens is 252 g/mol. The first-order valence-electron chi connectivity index (χ1n) is 6.53. The molecule has 0 spiro atoms. The highest BCUT2D eigenvalue weighted by molar-refractivity contribution is 7.99. The predicted octanol–water partition coefficient (Wildman–Crippen LogP) is 1.39. The number of urea groups is 1. The molecule has 0 aromatic rings. The van der Waals surface area contributed by atoms with E-state index in [2.05, 4.69) is 5.32 Å². The molecule has 2 aliphatic heterocycles. The van der Waals surface area contributed by atoms with Gasteiger partial charge in [-0.25, -0.2) is 9.59 Å². The van der Waals surface area contributed by atoms with Crippen molar-refractivity contribution < 1.29 is 14.7 Å². The first-order valence-corrected chi connectivity index (χ1v) is 7.69. The van der Waals surface area contributed by atoms with Crippen molar-refractivity contribution in [2.45, 2.75) is 31.7 Å². The van der Waals surface area contributed by atoms with E-state index < -0.39 is 12.0 Å². The number of rotatable bonds is 3. The number of likely N-dealkylation sites (tertiary alicyclic amines) is 1. The van der Waals surface area contributed by atoms with Crippen LogP contribution in [-0.4, -0.2) is 52.6 Å². The molecule has 0 radical (unpaired) electrons. The van der Waals surface area contributed by atoms with Crippen LogP contribution in [0.25, 0.3) is 0 Å². The van der Waals surface area contributed by atoms with Crippen molar-refractivity contribution in [3.8, 4) is 0 Å². The Bertz CT molecular complexity index is 318. The van der Waals surface area contributed by atoms with Crippen molar-refractivity contribution >= 4 is 23.8 Å². The summed E-state index contributed by atoms with van der Waals surface area (Å²) in [7, 11) is 0. The van der Waals surface area contributed by atoms with E-state index in [1.54, 1.807) is 0 Å². The molecular formula is C12H20N2O3S. The number of carboxylic acid groups (broad SMARTS) is 1. The summed E-state index contributed by atoms with van der Waals surface area (Å²) in [6.07, 6.45) is 3.65. The number of nitrogens with zero attached hydrogens (tertiary/aromatic N) is 1. The fourth-order valence-electron chi connectivity index (χ4n) is 2.55. The molecule has 0 unspecified atom stereocenters. The highest BCUT2D eigenvalue weighted by atomic mass is 32.2. The lowest BCUT2D eigenvalue weighted by Gasteiger charge is -2.25. The zero-order chi connectivity index (χ0) is 13.0. The quantitative estimate of drug-likeness (QED) is 0.814. The Kier molecular flexibility index (Phi) is 4.74. The molecule has 5 nitrogen and oxygen atoms in total. The predicted molar refractivity (Wildman–Crippen MR) is 70.8 cm³/mol. The SMILES string of the molecule is O=C(O)[C@@H]1CCCN1C(=O)NCC1CCSCC1. The molecule has 0 saturated carbocycles. The Morgan fingerprint density at radius 1 is 1.28 bits per heavy atom. The van der Waals surface area contributed by atoms with Crippen molar-refractivity contribution in [2.24, 2.45) is 5.92 Å². The molecule has 2 aliphatic rings. The molecule has 1 atom stereocenters. The number of carboxylic acids is 1. The lowest BCUT2D eigenvalue weighted by atomic mass is 10.0. The van der Waals surface area contributed by atoms with Crippen LogP contribution in [0.15, 0.2) is 0 Å². The van der Waals surface area contributed by atoms with Gasteiger partial charge >= 0.3 is 12.0 Å². The number of hydrogen-bond acceptors (Lipinski definition) is 3. The second-order valence-electron chi connectivity index (χ2n) is 4.93. The van der Waals surface area contributed by atoms with Gasteiger partial charge in [0.1, 0.15) is 6.04 Å². The summed E-state index contributed by atoms with van der Waals surface area (Å²) in [6, 6.07) is -0.843. The molecule has 2 heterocycles. The van der Waals surface area contributed by atoms with Gasteiger partial charge in [-0.1, -0.05) is 0 Å². The number of carbonyl (C=O) groups excluding carboxylic acids is 1. The molecule has 18 heavy (non-hydrogen) atoms. The van der Waals surface area contributed by atoms with Gasteiger partial charge in [-0.2, -0.15) is 11.8 Å². The minimum atomic E-state index is -0.892. The minimum Gasteiger partial charge on any atom is -0.480 e. The lowest BCUT2D eigenvalue weighted by molar-refractivity contribution is -0.141. The fraction of sp³-hybridized carbons (Fsp3) is 0.833. The van der Waals surface area contributed by atoms with Gasteiger partial charge in [0.15, 0.2) is 0 Å². The van der Waals surface area contributed by atoms with E-state index in [-0.39, 0.29) is 6.03 Å². The van der Waals surface area contributed by atoms with Crippen molar-refractivity contribution in [3.63, 3.8) is 0 Å². The average molecular weight is 272 g/mol. The van der Waals surface area contributed by atoms with Crippen molar-refractivity contribution in [3.05, 3.63) is 0 Å². The van der Waals surface area contributed by atoms with Crippen LogP contribution in [0.4, 0.5) is 4.79 Å². The zero-order valence-corrected chi connectivity index (χ0v) is 11.2. The molecule has 2 amide bonds. The van der Waals surface area contributed by atoms with Gasteiger partial charge in [-0.3, -0.25) is 0 Å². The molecule has 0 aromatic carbocycles. The van der Waals surface area contributed by atoms with Crippen LogP contribution >= 0.6 is 11.8 Å². The maximum Gasteiger partial charge on any atom is 0.326 e. The average Bonchev–Trinajstić information content (AvgIpc) is 2.86. The second kappa shape index (κ2) is 6.31. The van der Waals surface area contributed by atoms with Crippen LogP contribution in [0, 0.1) is 5.92 Å². The Labute approximate surface area is 111 Å². The van der Waals surface area contributed by atoms with Crippen molar-refractivity contribution in [1.29, 1.82) is 0 Å². The van der Waals surface area contributed by atoms with E-state index in [0.717, 1.165) is 19.3 Å². The third-order valence-corrected chi connectivity index (χ3v) is 4.73. The van der Waals surface area contributed by atoms with Gasteiger partial charge < -0.3 is 15.3 Å². The van der Waals surface area contributed by atoms with Crippen LogP contribution < -0.4 is 5.32 Å². The van der Waals surface area contributed by atoms with Crippen LogP contribution in [0.1, 0.15) is 25.7 Å². The number of thioether (sulfide) groups is 1. The van der Waals surface area contributed by atoms with E-state index in [9.17, 15) is 9.59 Å². The van der Waals surface area contributed by atoms with Crippen LogP contribution in [-0.2, 0) is 4.79 Å². The molecule has 2 fully saturated rings. The zero-order valence-electron chi connectivity index (χ0n) is 10.4. The molecule has 0 aromatic heterocycles. The van der Waals surface area contributed by atoms with Gasteiger partial charge in [-0.05, 0) is 43.1 Å². The molecule has 2 saturated heterocycles. The molecule has 2 N–H and O–H groups in total.